The van der Waals surface area contributed by atoms with Crippen molar-refractivity contribution in [1.82, 2.24) is 15.0 Å². The normalized spacial score (nSPS) is 15.8. The van der Waals surface area contributed by atoms with E-state index in [0.29, 0.717) is 24.5 Å². The van der Waals surface area contributed by atoms with Crippen molar-refractivity contribution in [2.75, 3.05) is 31.1 Å². The highest BCUT2D eigenvalue weighted by Gasteiger charge is 2.24. The molecule has 1 fully saturated rings. The Morgan fingerprint density at radius 2 is 2.16 bits per heavy atom. The fraction of sp³-hybridized carbons (Fsp3) is 0.417. The number of piperazine rings is 1. The molecule has 1 aliphatic rings. The lowest BCUT2D eigenvalue weighted by molar-refractivity contribution is 0.0736. The van der Waals surface area contributed by atoms with Gasteiger partial charge in [-0.25, -0.2) is 4.98 Å². The van der Waals surface area contributed by atoms with Crippen LogP contribution in [0.15, 0.2) is 22.2 Å². The van der Waals surface area contributed by atoms with Gasteiger partial charge in [0.05, 0.1) is 0 Å². The summed E-state index contributed by atoms with van der Waals surface area (Å²) in [6.07, 6.45) is 1.80. The molecule has 2 aromatic rings. The molecule has 7 heteroatoms. The number of nitrogens with zero attached hydrogens (tertiary/aromatic N) is 4. The number of amides is 1. The summed E-state index contributed by atoms with van der Waals surface area (Å²) < 4.78 is 4.94. The van der Waals surface area contributed by atoms with Gasteiger partial charge in [0.2, 0.25) is 0 Å². The van der Waals surface area contributed by atoms with E-state index >= 15 is 0 Å². The molecule has 100 valence electrons. The molecule has 0 N–H and O–H groups in total. The van der Waals surface area contributed by atoms with Gasteiger partial charge in [0.25, 0.3) is 5.91 Å². The number of aryl methyl sites for hydroxylation is 1. The first-order chi connectivity index (χ1) is 9.24. The standard InChI is InChI=1S/C12H14N4O2S/c1-9-8-10(14-18-9)11(17)15-3-5-16(6-4-15)12-13-2-7-19-12/h2,7-8H,3-6H2,1H3. The first kappa shape index (κ1) is 12.2. The molecule has 1 aliphatic heterocycles. The number of carbonyl (C=O) groups excluding carboxylic acids is 1. The Balaban J connectivity index is 1.62. The molecule has 0 spiro atoms. The Hall–Kier alpha value is -1.89. The Morgan fingerprint density at radius 3 is 2.74 bits per heavy atom. The maximum absolute atomic E-state index is 12.2. The summed E-state index contributed by atoms with van der Waals surface area (Å²) in [5, 5.41) is 6.75. The number of hydrogen-bond acceptors (Lipinski definition) is 6. The first-order valence-electron chi connectivity index (χ1n) is 6.11. The second-order valence-electron chi connectivity index (χ2n) is 4.42. The van der Waals surface area contributed by atoms with Crippen LogP contribution < -0.4 is 4.90 Å². The number of carbonyl (C=O) groups is 1. The van der Waals surface area contributed by atoms with Gasteiger partial charge in [-0.2, -0.15) is 0 Å². The van der Waals surface area contributed by atoms with E-state index in [9.17, 15) is 4.79 Å². The van der Waals surface area contributed by atoms with Crippen molar-refractivity contribution in [3.05, 3.63) is 29.1 Å². The Kier molecular flexibility index (Phi) is 3.20. The van der Waals surface area contributed by atoms with E-state index in [1.54, 1.807) is 35.4 Å². The highest BCUT2D eigenvalue weighted by molar-refractivity contribution is 7.13. The molecule has 0 bridgehead atoms. The van der Waals surface area contributed by atoms with Crippen LogP contribution in [0.25, 0.3) is 0 Å². The fourth-order valence-electron chi connectivity index (χ4n) is 2.10. The molecule has 0 aliphatic carbocycles. The Labute approximate surface area is 114 Å². The summed E-state index contributed by atoms with van der Waals surface area (Å²) in [5.41, 5.74) is 0.389. The van der Waals surface area contributed by atoms with Crippen LogP contribution in [0.1, 0.15) is 16.2 Å². The van der Waals surface area contributed by atoms with Gasteiger partial charge in [-0.3, -0.25) is 4.79 Å². The van der Waals surface area contributed by atoms with Crippen LogP contribution in [0, 0.1) is 6.92 Å². The van der Waals surface area contributed by atoms with Crippen LogP contribution in [0.2, 0.25) is 0 Å². The van der Waals surface area contributed by atoms with E-state index in [2.05, 4.69) is 15.0 Å². The van der Waals surface area contributed by atoms with Gasteiger partial charge in [-0.05, 0) is 6.92 Å². The molecular formula is C12H14N4O2S. The molecule has 1 saturated heterocycles. The monoisotopic (exact) mass is 278 g/mol. The van der Waals surface area contributed by atoms with Crippen molar-refractivity contribution in [3.8, 4) is 0 Å². The van der Waals surface area contributed by atoms with E-state index in [-0.39, 0.29) is 5.91 Å². The maximum Gasteiger partial charge on any atom is 0.276 e. The van der Waals surface area contributed by atoms with Crippen molar-refractivity contribution in [2.24, 2.45) is 0 Å². The molecule has 0 unspecified atom stereocenters. The average molecular weight is 278 g/mol. The van der Waals surface area contributed by atoms with E-state index in [1.165, 1.54) is 0 Å². The zero-order chi connectivity index (χ0) is 13.2. The highest BCUT2D eigenvalue weighted by Crippen LogP contribution is 2.19. The smallest absolute Gasteiger partial charge is 0.276 e. The summed E-state index contributed by atoms with van der Waals surface area (Å²) in [6, 6.07) is 1.68. The first-order valence-corrected chi connectivity index (χ1v) is 6.99. The van der Waals surface area contributed by atoms with E-state index < -0.39 is 0 Å². The molecule has 0 aromatic carbocycles. The van der Waals surface area contributed by atoms with Crippen molar-refractivity contribution < 1.29 is 9.32 Å². The topological polar surface area (TPSA) is 62.5 Å². The lowest BCUT2D eigenvalue weighted by Gasteiger charge is -2.34. The minimum absolute atomic E-state index is 0.0596. The molecule has 0 saturated carbocycles. The zero-order valence-corrected chi connectivity index (χ0v) is 11.4. The van der Waals surface area contributed by atoms with Crippen LogP contribution in [0.5, 0.6) is 0 Å². The minimum Gasteiger partial charge on any atom is -0.361 e. The van der Waals surface area contributed by atoms with Gasteiger partial charge in [0, 0.05) is 43.8 Å². The van der Waals surface area contributed by atoms with Crippen LogP contribution >= 0.6 is 11.3 Å². The third-order valence-electron chi connectivity index (χ3n) is 3.10. The molecular weight excluding hydrogens is 264 g/mol. The molecule has 6 nitrogen and oxygen atoms in total. The molecule has 3 heterocycles. The van der Waals surface area contributed by atoms with E-state index in [1.807, 2.05) is 5.38 Å². The largest absolute Gasteiger partial charge is 0.361 e. The second kappa shape index (κ2) is 5.00. The number of hydrogen-bond donors (Lipinski definition) is 0. The Bertz CT molecular complexity index is 558. The third-order valence-corrected chi connectivity index (χ3v) is 3.94. The van der Waals surface area contributed by atoms with E-state index in [4.69, 9.17) is 4.52 Å². The number of anilines is 1. The summed E-state index contributed by atoms with van der Waals surface area (Å²) in [4.78, 5) is 20.5. The third kappa shape index (κ3) is 2.46. The number of rotatable bonds is 2. The van der Waals surface area contributed by atoms with Crippen molar-refractivity contribution >= 4 is 22.4 Å². The van der Waals surface area contributed by atoms with Gasteiger partial charge in [-0.15, -0.1) is 11.3 Å². The zero-order valence-electron chi connectivity index (χ0n) is 10.6. The quantitative estimate of drug-likeness (QED) is 0.831. The van der Waals surface area contributed by atoms with Crippen LogP contribution in [0.3, 0.4) is 0 Å². The van der Waals surface area contributed by atoms with E-state index in [0.717, 1.165) is 18.2 Å². The maximum atomic E-state index is 12.2. The summed E-state index contributed by atoms with van der Waals surface area (Å²) in [6.45, 7) is 4.75. The van der Waals surface area contributed by atoms with Crippen molar-refractivity contribution in [2.45, 2.75) is 6.92 Å². The number of aromatic nitrogens is 2. The van der Waals surface area contributed by atoms with Crippen LogP contribution in [-0.4, -0.2) is 47.1 Å². The van der Waals surface area contributed by atoms with Gasteiger partial charge in [0.15, 0.2) is 10.8 Å². The minimum atomic E-state index is -0.0596. The van der Waals surface area contributed by atoms with Crippen LogP contribution in [0.4, 0.5) is 5.13 Å². The van der Waals surface area contributed by atoms with Crippen molar-refractivity contribution in [1.29, 1.82) is 0 Å². The summed E-state index contributed by atoms with van der Waals surface area (Å²) in [5.74, 6) is 0.598. The number of thiazole rings is 1. The van der Waals surface area contributed by atoms with Gasteiger partial charge < -0.3 is 14.3 Å². The predicted octanol–water partition coefficient (Wildman–Crippen LogP) is 1.40. The molecule has 2 aromatic heterocycles. The average Bonchev–Trinajstić information content (AvgIpc) is 3.09. The van der Waals surface area contributed by atoms with Gasteiger partial charge in [0.1, 0.15) is 5.76 Å². The van der Waals surface area contributed by atoms with Crippen LogP contribution in [-0.2, 0) is 0 Å². The van der Waals surface area contributed by atoms with Gasteiger partial charge >= 0.3 is 0 Å². The molecule has 19 heavy (non-hydrogen) atoms. The predicted molar refractivity (Wildman–Crippen MR) is 71.5 cm³/mol. The Morgan fingerprint density at radius 1 is 1.37 bits per heavy atom. The summed E-state index contributed by atoms with van der Waals surface area (Å²) >= 11 is 1.62. The molecule has 0 atom stereocenters. The second-order valence-corrected chi connectivity index (χ2v) is 5.29. The lowest BCUT2D eigenvalue weighted by atomic mass is 10.3. The van der Waals surface area contributed by atoms with Gasteiger partial charge in [-0.1, -0.05) is 5.16 Å². The molecule has 0 radical (unpaired) electrons. The summed E-state index contributed by atoms with van der Waals surface area (Å²) in [7, 11) is 0. The highest BCUT2D eigenvalue weighted by atomic mass is 32.1. The molecule has 1 amide bonds. The lowest BCUT2D eigenvalue weighted by Crippen LogP contribution is -2.48. The molecule has 3 rings (SSSR count). The fourth-order valence-corrected chi connectivity index (χ4v) is 2.80. The van der Waals surface area contributed by atoms with Crippen molar-refractivity contribution in [3.63, 3.8) is 0 Å². The SMILES string of the molecule is Cc1cc(C(=O)N2CCN(c3nccs3)CC2)no1.